The minimum absolute atomic E-state index is 0.995. The van der Waals surface area contributed by atoms with E-state index in [-0.39, 0.29) is 0 Å². The Morgan fingerprint density at radius 1 is 1.27 bits per heavy atom. The molecule has 0 aromatic heterocycles. The number of nitrogens with zero attached hydrogens (tertiary/aromatic N) is 1. The van der Waals surface area contributed by atoms with Crippen LogP contribution in [0.1, 0.15) is 25.7 Å². The molecule has 0 amide bonds. The molecular formula is C9H19NS. The van der Waals surface area contributed by atoms with Crippen LogP contribution in [0.2, 0.25) is 0 Å². The lowest BCUT2D eigenvalue weighted by molar-refractivity contribution is 0.437. The van der Waals surface area contributed by atoms with Crippen LogP contribution < -0.4 is 0 Å². The summed E-state index contributed by atoms with van der Waals surface area (Å²) in [6.07, 6.45) is 5.88. The van der Waals surface area contributed by atoms with Crippen molar-refractivity contribution in [3.8, 4) is 0 Å². The van der Waals surface area contributed by atoms with Gasteiger partial charge in [0.05, 0.1) is 0 Å². The van der Waals surface area contributed by atoms with Gasteiger partial charge in [0.1, 0.15) is 0 Å². The zero-order valence-corrected chi connectivity index (χ0v) is 8.49. The largest absolute Gasteiger partial charge is 0.309 e. The van der Waals surface area contributed by atoms with Crippen molar-refractivity contribution in [3.05, 3.63) is 0 Å². The molecule has 0 saturated heterocycles. The third-order valence-corrected chi connectivity index (χ3v) is 3.56. The average Bonchev–Trinajstić information content (AvgIpc) is 2.39. The van der Waals surface area contributed by atoms with Gasteiger partial charge in [-0.05, 0) is 26.9 Å². The molecule has 0 N–H and O–H groups in total. The fourth-order valence-corrected chi connectivity index (χ4v) is 2.93. The lowest BCUT2D eigenvalue weighted by Gasteiger charge is -2.11. The highest BCUT2D eigenvalue weighted by Crippen LogP contribution is 2.28. The fourth-order valence-electron chi connectivity index (χ4n) is 1.46. The minimum atomic E-state index is 0.995. The lowest BCUT2D eigenvalue weighted by atomic mass is 10.4. The first kappa shape index (κ1) is 9.40. The maximum atomic E-state index is 2.27. The van der Waals surface area contributed by atoms with Gasteiger partial charge in [0.2, 0.25) is 0 Å². The van der Waals surface area contributed by atoms with Gasteiger partial charge in [0.25, 0.3) is 0 Å². The maximum absolute atomic E-state index is 2.27. The van der Waals surface area contributed by atoms with E-state index in [0.717, 1.165) is 5.25 Å². The molecule has 0 aliphatic heterocycles. The highest BCUT2D eigenvalue weighted by atomic mass is 32.2. The summed E-state index contributed by atoms with van der Waals surface area (Å²) >= 11 is 2.17. The van der Waals surface area contributed by atoms with E-state index in [1.165, 1.54) is 38.0 Å². The minimum Gasteiger partial charge on any atom is -0.309 e. The van der Waals surface area contributed by atoms with E-state index in [9.17, 15) is 0 Å². The van der Waals surface area contributed by atoms with Crippen molar-refractivity contribution in [2.24, 2.45) is 0 Å². The monoisotopic (exact) mass is 173 g/mol. The Morgan fingerprint density at radius 3 is 2.45 bits per heavy atom. The Balaban J connectivity index is 1.94. The average molecular weight is 173 g/mol. The highest BCUT2D eigenvalue weighted by molar-refractivity contribution is 7.99. The van der Waals surface area contributed by atoms with Gasteiger partial charge in [0.15, 0.2) is 0 Å². The van der Waals surface area contributed by atoms with Crippen LogP contribution in [0.3, 0.4) is 0 Å². The molecule has 1 saturated carbocycles. The predicted molar refractivity (Wildman–Crippen MR) is 53.3 cm³/mol. The van der Waals surface area contributed by atoms with Crippen molar-refractivity contribution in [1.82, 2.24) is 4.90 Å². The van der Waals surface area contributed by atoms with Gasteiger partial charge >= 0.3 is 0 Å². The molecule has 1 rings (SSSR count). The van der Waals surface area contributed by atoms with Gasteiger partial charge in [-0.3, -0.25) is 0 Å². The van der Waals surface area contributed by atoms with Gasteiger partial charge in [-0.25, -0.2) is 0 Å². The Labute approximate surface area is 74.5 Å². The van der Waals surface area contributed by atoms with Gasteiger partial charge in [-0.1, -0.05) is 12.8 Å². The summed E-state index contributed by atoms with van der Waals surface area (Å²) in [5.41, 5.74) is 0. The molecule has 0 spiro atoms. The predicted octanol–water partition coefficient (Wildman–Crippen LogP) is 2.22. The lowest BCUT2D eigenvalue weighted by Crippen LogP contribution is -2.16. The normalized spacial score (nSPS) is 19.9. The quantitative estimate of drug-likeness (QED) is 0.641. The number of rotatable bonds is 4. The second-order valence-corrected chi connectivity index (χ2v) is 4.99. The van der Waals surface area contributed by atoms with Crippen LogP contribution in [-0.4, -0.2) is 36.5 Å². The molecule has 66 valence electrons. The molecule has 1 fully saturated rings. The van der Waals surface area contributed by atoms with Crippen LogP contribution in [0.25, 0.3) is 0 Å². The summed E-state index contributed by atoms with van der Waals surface area (Å²) in [6, 6.07) is 0. The molecule has 1 nitrogen and oxygen atoms in total. The summed E-state index contributed by atoms with van der Waals surface area (Å²) < 4.78 is 0. The van der Waals surface area contributed by atoms with E-state index in [4.69, 9.17) is 0 Å². The molecule has 0 heterocycles. The summed E-state index contributed by atoms with van der Waals surface area (Å²) in [5.74, 6) is 1.32. The van der Waals surface area contributed by atoms with Crippen molar-refractivity contribution >= 4 is 11.8 Å². The van der Waals surface area contributed by atoms with E-state index in [1.807, 2.05) is 0 Å². The summed E-state index contributed by atoms with van der Waals surface area (Å²) in [5, 5.41) is 0.995. The first-order valence-corrected chi connectivity index (χ1v) is 5.60. The Kier molecular flexibility index (Phi) is 4.31. The van der Waals surface area contributed by atoms with Crippen molar-refractivity contribution < 1.29 is 0 Å². The van der Waals surface area contributed by atoms with E-state index in [1.54, 1.807) is 0 Å². The Bertz CT molecular complexity index is 97.7. The Morgan fingerprint density at radius 2 is 1.91 bits per heavy atom. The molecule has 2 heteroatoms. The fraction of sp³-hybridized carbons (Fsp3) is 1.00. The van der Waals surface area contributed by atoms with Crippen molar-refractivity contribution in [1.29, 1.82) is 0 Å². The van der Waals surface area contributed by atoms with Crippen molar-refractivity contribution in [2.45, 2.75) is 30.9 Å². The molecule has 0 radical (unpaired) electrons. The molecule has 0 aromatic rings. The third kappa shape index (κ3) is 4.02. The van der Waals surface area contributed by atoms with Crippen molar-refractivity contribution in [2.75, 3.05) is 26.4 Å². The van der Waals surface area contributed by atoms with Gasteiger partial charge < -0.3 is 4.90 Å². The maximum Gasteiger partial charge on any atom is 0.00663 e. The van der Waals surface area contributed by atoms with E-state index >= 15 is 0 Å². The van der Waals surface area contributed by atoms with Crippen molar-refractivity contribution in [3.63, 3.8) is 0 Å². The van der Waals surface area contributed by atoms with Crippen LogP contribution in [0, 0.1) is 0 Å². The number of hydrogen-bond donors (Lipinski definition) is 0. The second kappa shape index (κ2) is 5.04. The number of thioether (sulfide) groups is 1. The summed E-state index contributed by atoms with van der Waals surface area (Å²) in [4.78, 5) is 2.27. The van der Waals surface area contributed by atoms with Crippen LogP contribution in [0.5, 0.6) is 0 Å². The van der Waals surface area contributed by atoms with Crippen LogP contribution in [0.4, 0.5) is 0 Å². The summed E-state index contributed by atoms with van der Waals surface area (Å²) in [6.45, 7) is 1.24. The van der Waals surface area contributed by atoms with E-state index in [2.05, 4.69) is 30.8 Å². The number of hydrogen-bond acceptors (Lipinski definition) is 2. The molecule has 0 unspecified atom stereocenters. The topological polar surface area (TPSA) is 3.24 Å². The standard InChI is InChI=1S/C9H19NS/c1-10(2)7-8-11-9-5-3-4-6-9/h9H,3-8H2,1-2H3. The highest BCUT2D eigenvalue weighted by Gasteiger charge is 2.14. The smallest absolute Gasteiger partial charge is 0.00663 e. The Hall–Kier alpha value is 0.310. The van der Waals surface area contributed by atoms with Gasteiger partial charge in [0, 0.05) is 17.5 Å². The van der Waals surface area contributed by atoms with Gasteiger partial charge in [-0.2, -0.15) is 11.8 Å². The first-order valence-electron chi connectivity index (χ1n) is 4.55. The second-order valence-electron chi connectivity index (χ2n) is 3.58. The third-order valence-electron chi connectivity index (χ3n) is 2.19. The first-order chi connectivity index (χ1) is 5.29. The zero-order chi connectivity index (χ0) is 8.10. The SMILES string of the molecule is CN(C)CCSC1CCCC1. The van der Waals surface area contributed by atoms with E-state index < -0.39 is 0 Å². The molecule has 1 aliphatic rings. The van der Waals surface area contributed by atoms with E-state index in [0.29, 0.717) is 0 Å². The van der Waals surface area contributed by atoms with Gasteiger partial charge in [-0.15, -0.1) is 0 Å². The molecule has 1 aliphatic carbocycles. The molecule has 0 atom stereocenters. The zero-order valence-electron chi connectivity index (χ0n) is 7.68. The van der Waals surface area contributed by atoms with Crippen LogP contribution >= 0.6 is 11.8 Å². The summed E-state index contributed by atoms with van der Waals surface area (Å²) in [7, 11) is 4.30. The molecular weight excluding hydrogens is 154 g/mol. The van der Waals surface area contributed by atoms with Crippen LogP contribution in [0.15, 0.2) is 0 Å². The van der Waals surface area contributed by atoms with Crippen LogP contribution in [-0.2, 0) is 0 Å². The molecule has 11 heavy (non-hydrogen) atoms. The molecule has 0 aromatic carbocycles. The molecule has 0 bridgehead atoms.